The van der Waals surface area contributed by atoms with Crippen molar-refractivity contribution in [1.29, 1.82) is 0 Å². The number of ether oxygens (including phenoxy) is 2. The van der Waals surface area contributed by atoms with E-state index >= 15 is 0 Å². The molecule has 230 valence electrons. The minimum atomic E-state index is -3.22. The van der Waals surface area contributed by atoms with E-state index < -0.39 is 40.7 Å². The van der Waals surface area contributed by atoms with Gasteiger partial charge in [-0.1, -0.05) is 54.6 Å². The quantitative estimate of drug-likeness (QED) is 0.144. The molecule has 1 aromatic heterocycles. The van der Waals surface area contributed by atoms with Gasteiger partial charge in [0.25, 0.3) is 0 Å². The maximum Gasteiger partial charge on any atom is 0.208 e. The van der Waals surface area contributed by atoms with Crippen LogP contribution >= 0.6 is 0 Å². The summed E-state index contributed by atoms with van der Waals surface area (Å²) < 4.78 is 39.0. The zero-order valence-electron chi connectivity index (χ0n) is 24.2. The molecule has 0 aliphatic carbocycles. The van der Waals surface area contributed by atoms with Gasteiger partial charge in [0.05, 0.1) is 30.5 Å². The molecule has 3 aromatic carbocycles. The zero-order chi connectivity index (χ0) is 30.6. The van der Waals surface area contributed by atoms with Crippen molar-refractivity contribution in [2.45, 2.75) is 50.3 Å². The summed E-state index contributed by atoms with van der Waals surface area (Å²) in [5.41, 5.74) is 2.57. The molecule has 4 aromatic rings. The van der Waals surface area contributed by atoms with Gasteiger partial charge in [-0.25, -0.2) is 18.1 Å². The third-order valence-electron chi connectivity index (χ3n) is 7.54. The van der Waals surface area contributed by atoms with E-state index in [0.29, 0.717) is 55.3 Å². The van der Waals surface area contributed by atoms with Crippen LogP contribution in [0.25, 0.3) is 22.2 Å². The lowest BCUT2D eigenvalue weighted by molar-refractivity contribution is -0.0939. The van der Waals surface area contributed by atoms with Gasteiger partial charge in [0.2, 0.25) is 16.0 Å². The Labute approximate surface area is 251 Å². The Morgan fingerprint density at radius 2 is 1.81 bits per heavy atom. The Morgan fingerprint density at radius 1 is 1.07 bits per heavy atom. The first-order chi connectivity index (χ1) is 20.6. The Kier molecular flexibility index (Phi) is 9.35. The number of aliphatic hydroxyl groups excluding tert-OH is 2. The lowest BCUT2D eigenvalue weighted by Crippen LogP contribution is -2.44. The maximum absolute atomic E-state index is 11.3. The Morgan fingerprint density at radius 3 is 2.53 bits per heavy atom. The topological polar surface area (TPSA) is 155 Å². The van der Waals surface area contributed by atoms with Gasteiger partial charge in [-0.2, -0.15) is 0 Å². The van der Waals surface area contributed by atoms with Gasteiger partial charge in [0.1, 0.15) is 23.6 Å². The fourth-order valence-corrected chi connectivity index (χ4v) is 5.79. The summed E-state index contributed by atoms with van der Waals surface area (Å²) in [6, 6.07) is 23.3. The number of para-hydroxylation sites is 2. The number of hydrogen-bond donors (Lipinski definition) is 5. The molecular formula is C31H38N4O7S. The van der Waals surface area contributed by atoms with Crippen molar-refractivity contribution in [1.82, 2.24) is 14.3 Å². The van der Waals surface area contributed by atoms with Crippen molar-refractivity contribution in [3.05, 3.63) is 78.4 Å². The number of nitrogens with zero attached hydrogens (tertiary/aromatic N) is 2. The van der Waals surface area contributed by atoms with Gasteiger partial charge in [-0.05, 0) is 49.1 Å². The molecule has 43 heavy (non-hydrogen) atoms. The summed E-state index contributed by atoms with van der Waals surface area (Å²) in [5, 5.41) is 34.9. The van der Waals surface area contributed by atoms with Gasteiger partial charge in [-0.15, -0.1) is 0 Å². The van der Waals surface area contributed by atoms with Gasteiger partial charge in [0.15, 0.2) is 6.23 Å². The lowest BCUT2D eigenvalue weighted by atomic mass is 9.96. The van der Waals surface area contributed by atoms with E-state index in [9.17, 15) is 23.7 Å². The molecule has 0 bridgehead atoms. The first-order valence-corrected chi connectivity index (χ1v) is 16.1. The Bertz CT molecular complexity index is 1640. The molecule has 5 N–H and O–H groups in total. The van der Waals surface area contributed by atoms with Gasteiger partial charge >= 0.3 is 0 Å². The van der Waals surface area contributed by atoms with E-state index in [1.807, 2.05) is 72.8 Å². The third kappa shape index (κ3) is 7.01. The second-order valence-corrected chi connectivity index (χ2v) is 12.8. The summed E-state index contributed by atoms with van der Waals surface area (Å²) in [6.45, 7) is 2.19. The first-order valence-electron chi connectivity index (χ1n) is 14.2. The van der Waals surface area contributed by atoms with Crippen LogP contribution in [0.2, 0.25) is 0 Å². The van der Waals surface area contributed by atoms with Crippen LogP contribution in [0.5, 0.6) is 5.75 Å². The van der Waals surface area contributed by atoms with E-state index in [2.05, 4.69) is 10.0 Å². The number of unbranched alkanes of at least 4 members (excludes halogenated alkanes) is 1. The van der Waals surface area contributed by atoms with Crippen LogP contribution in [0.1, 0.15) is 31.6 Å². The highest BCUT2D eigenvalue weighted by atomic mass is 32.2. The number of rotatable bonds is 13. The summed E-state index contributed by atoms with van der Waals surface area (Å²) >= 11 is 0. The molecule has 1 aliphatic rings. The van der Waals surface area contributed by atoms with Crippen molar-refractivity contribution in [2.75, 3.05) is 31.3 Å². The molecule has 1 saturated heterocycles. The van der Waals surface area contributed by atoms with E-state index in [4.69, 9.17) is 14.5 Å². The van der Waals surface area contributed by atoms with E-state index in [-0.39, 0.29) is 0 Å². The lowest BCUT2D eigenvalue weighted by Gasteiger charge is -2.29. The Hall–Kier alpha value is -3.52. The summed E-state index contributed by atoms with van der Waals surface area (Å²) in [5.74, 6) is 1.14. The number of anilines is 1. The molecule has 0 spiro atoms. The number of aromatic nitrogens is 2. The minimum Gasteiger partial charge on any atom is -0.493 e. The SMILES string of the molecule is CC1(O)C(O)C(CO)OC1n1c(NCc2ccc(-c3ccccc3)c(OCCCCNS(C)(=O)=O)c2)nc2ccccc21. The maximum atomic E-state index is 11.3. The summed E-state index contributed by atoms with van der Waals surface area (Å²) in [6.07, 6.45) is -0.769. The molecule has 2 heterocycles. The van der Waals surface area contributed by atoms with Crippen LogP contribution in [0.4, 0.5) is 5.95 Å². The molecule has 4 unspecified atom stereocenters. The van der Waals surface area contributed by atoms with E-state index in [1.54, 1.807) is 4.57 Å². The van der Waals surface area contributed by atoms with Crippen molar-refractivity contribution in [2.24, 2.45) is 0 Å². The number of aliphatic hydroxyl groups is 3. The largest absolute Gasteiger partial charge is 0.493 e. The molecule has 0 radical (unpaired) electrons. The third-order valence-corrected chi connectivity index (χ3v) is 8.27. The van der Waals surface area contributed by atoms with Gasteiger partial charge < -0.3 is 30.1 Å². The van der Waals surface area contributed by atoms with E-state index in [0.717, 1.165) is 22.9 Å². The fraction of sp³-hybridized carbons (Fsp3) is 0.387. The molecule has 12 heteroatoms. The van der Waals surface area contributed by atoms with Crippen molar-refractivity contribution in [3.63, 3.8) is 0 Å². The molecule has 0 saturated carbocycles. The van der Waals surface area contributed by atoms with Crippen LogP contribution in [0.3, 0.4) is 0 Å². The predicted octanol–water partition coefficient (Wildman–Crippen LogP) is 3.03. The molecule has 11 nitrogen and oxygen atoms in total. The normalized spacial score (nSPS) is 22.2. The first kappa shape index (κ1) is 30.9. The monoisotopic (exact) mass is 610 g/mol. The van der Waals surface area contributed by atoms with Crippen LogP contribution in [0.15, 0.2) is 72.8 Å². The van der Waals surface area contributed by atoms with Crippen LogP contribution < -0.4 is 14.8 Å². The highest BCUT2D eigenvalue weighted by molar-refractivity contribution is 7.88. The highest BCUT2D eigenvalue weighted by Crippen LogP contribution is 2.41. The highest BCUT2D eigenvalue weighted by Gasteiger charge is 2.53. The van der Waals surface area contributed by atoms with Gasteiger partial charge in [0, 0.05) is 18.7 Å². The molecule has 1 aliphatic heterocycles. The number of hydrogen-bond acceptors (Lipinski definition) is 9. The fourth-order valence-electron chi connectivity index (χ4n) is 5.27. The number of nitrogens with one attached hydrogen (secondary N) is 2. The zero-order valence-corrected chi connectivity index (χ0v) is 25.0. The number of imidazole rings is 1. The summed E-state index contributed by atoms with van der Waals surface area (Å²) in [7, 11) is -3.22. The molecule has 0 amide bonds. The minimum absolute atomic E-state index is 0.354. The van der Waals surface area contributed by atoms with E-state index in [1.165, 1.54) is 6.92 Å². The second kappa shape index (κ2) is 13.0. The standard InChI is InChI=1S/C31H38N4O7S/c1-31(38)28(37)27(20-36)42-29(31)35-25-13-7-6-12-24(25)34-30(35)32-19-21-14-15-23(22-10-4-3-5-11-22)26(18-21)41-17-9-8-16-33-43(2,39)40/h3-7,10-15,18,27-29,33,36-38H,8-9,16-17,19-20H2,1-2H3,(H,32,34). The average molecular weight is 611 g/mol. The number of sulfonamides is 1. The van der Waals surface area contributed by atoms with Crippen molar-refractivity contribution >= 4 is 27.0 Å². The van der Waals surface area contributed by atoms with Gasteiger partial charge in [-0.3, -0.25) is 4.57 Å². The predicted molar refractivity (Wildman–Crippen MR) is 164 cm³/mol. The van der Waals surface area contributed by atoms with Crippen LogP contribution in [-0.2, 0) is 21.3 Å². The second-order valence-electron chi connectivity index (χ2n) is 10.9. The average Bonchev–Trinajstić information content (AvgIpc) is 3.46. The van der Waals surface area contributed by atoms with Crippen molar-refractivity contribution in [3.8, 4) is 16.9 Å². The van der Waals surface area contributed by atoms with Crippen LogP contribution in [0, 0.1) is 0 Å². The number of fused-ring (bicyclic) bond motifs is 1. The smallest absolute Gasteiger partial charge is 0.208 e. The van der Waals surface area contributed by atoms with Crippen LogP contribution in [-0.4, -0.2) is 77.1 Å². The molecule has 5 rings (SSSR count). The molecule has 1 fully saturated rings. The number of benzene rings is 3. The van der Waals surface area contributed by atoms with Crippen molar-refractivity contribution < 1.29 is 33.2 Å². The molecular weight excluding hydrogens is 572 g/mol. The summed E-state index contributed by atoms with van der Waals surface area (Å²) in [4.78, 5) is 4.73. The Balaban J connectivity index is 1.37. The molecule has 4 atom stereocenters.